The molecular formula is C13H24N6O2. The van der Waals surface area contributed by atoms with Gasteiger partial charge in [-0.3, -0.25) is 9.67 Å². The number of aromatic nitrogens is 6. The highest BCUT2D eigenvalue weighted by Crippen LogP contribution is 2.15. The summed E-state index contributed by atoms with van der Waals surface area (Å²) in [7, 11) is 1.63. The molecule has 0 unspecified atom stereocenters. The van der Waals surface area contributed by atoms with E-state index in [1.54, 1.807) is 11.7 Å². The lowest BCUT2D eigenvalue weighted by atomic mass is 9.96. The molecule has 2 aromatic heterocycles. The third-order valence-electron chi connectivity index (χ3n) is 2.71. The summed E-state index contributed by atoms with van der Waals surface area (Å²) in [5, 5.41) is 6.60. The lowest BCUT2D eigenvalue weighted by Crippen LogP contribution is -2.23. The van der Waals surface area contributed by atoms with Crippen LogP contribution < -0.4 is 11.4 Å². The van der Waals surface area contributed by atoms with Crippen LogP contribution in [0.1, 0.15) is 47.4 Å². The van der Waals surface area contributed by atoms with E-state index in [4.69, 9.17) is 0 Å². The van der Waals surface area contributed by atoms with Gasteiger partial charge in [0.15, 0.2) is 0 Å². The Bertz CT molecular complexity index is 690. The predicted octanol–water partition coefficient (Wildman–Crippen LogP) is 0.732. The highest BCUT2D eigenvalue weighted by atomic mass is 16.2. The smallest absolute Gasteiger partial charge is 0.292 e. The third-order valence-corrected chi connectivity index (χ3v) is 2.71. The molecule has 0 spiro atoms. The number of hydrogen-bond donors (Lipinski definition) is 2. The molecule has 2 N–H and O–H groups in total. The molecule has 0 atom stereocenters. The van der Waals surface area contributed by atoms with Gasteiger partial charge in [0, 0.05) is 12.5 Å². The second kappa shape index (κ2) is 5.71. The third kappa shape index (κ3) is 4.73. The Kier molecular flexibility index (Phi) is 4.60. The van der Waals surface area contributed by atoms with Crippen molar-refractivity contribution in [1.29, 1.82) is 0 Å². The van der Waals surface area contributed by atoms with Gasteiger partial charge in [0.2, 0.25) is 0 Å². The number of hydrogen-bond acceptors (Lipinski definition) is 4. The van der Waals surface area contributed by atoms with Crippen molar-refractivity contribution >= 4 is 0 Å². The van der Waals surface area contributed by atoms with E-state index in [2.05, 4.69) is 20.2 Å². The Morgan fingerprint density at radius 2 is 1.67 bits per heavy atom. The molecule has 118 valence electrons. The zero-order valence-electron chi connectivity index (χ0n) is 13.7. The Morgan fingerprint density at radius 1 is 1.10 bits per heavy atom. The van der Waals surface area contributed by atoms with Crippen molar-refractivity contribution in [2.24, 2.45) is 7.05 Å². The zero-order chi connectivity index (χ0) is 16.4. The number of H-pyrrole nitrogens is 2. The van der Waals surface area contributed by atoms with Crippen LogP contribution in [0.3, 0.4) is 0 Å². The van der Waals surface area contributed by atoms with Crippen molar-refractivity contribution in [2.45, 2.75) is 52.5 Å². The SMILES string of the molecule is CC(C)(C)n1cnc(=O)[nH]1.Cn1nc(C(C)(C)C)[nH]c1=O. The average Bonchev–Trinajstić information content (AvgIpc) is 2.86. The van der Waals surface area contributed by atoms with Gasteiger partial charge in [-0.25, -0.2) is 19.4 Å². The van der Waals surface area contributed by atoms with Crippen molar-refractivity contribution < 1.29 is 0 Å². The quantitative estimate of drug-likeness (QED) is 0.748. The van der Waals surface area contributed by atoms with Crippen molar-refractivity contribution in [3.8, 4) is 0 Å². The van der Waals surface area contributed by atoms with Crippen LogP contribution in [0.25, 0.3) is 0 Å². The summed E-state index contributed by atoms with van der Waals surface area (Å²) >= 11 is 0. The van der Waals surface area contributed by atoms with Crippen LogP contribution in [-0.2, 0) is 18.0 Å². The van der Waals surface area contributed by atoms with E-state index >= 15 is 0 Å². The normalized spacial score (nSPS) is 12.0. The Morgan fingerprint density at radius 3 is 1.86 bits per heavy atom. The number of nitrogens with zero attached hydrogens (tertiary/aromatic N) is 4. The van der Waals surface area contributed by atoms with E-state index in [0.29, 0.717) is 0 Å². The molecule has 0 aliphatic heterocycles. The molecule has 0 bridgehead atoms. The molecule has 0 saturated carbocycles. The minimum Gasteiger partial charge on any atom is -0.292 e. The van der Waals surface area contributed by atoms with Gasteiger partial charge in [-0.2, -0.15) is 10.1 Å². The Balaban J connectivity index is 0.000000211. The van der Waals surface area contributed by atoms with Gasteiger partial charge in [0.05, 0.1) is 5.54 Å². The van der Waals surface area contributed by atoms with Gasteiger partial charge in [-0.05, 0) is 20.8 Å². The van der Waals surface area contributed by atoms with E-state index < -0.39 is 0 Å². The predicted molar refractivity (Wildman–Crippen MR) is 80.4 cm³/mol. The maximum absolute atomic E-state index is 10.9. The van der Waals surface area contributed by atoms with E-state index in [9.17, 15) is 9.59 Å². The number of nitrogens with one attached hydrogen (secondary N) is 2. The minimum absolute atomic E-state index is 0.0829. The maximum Gasteiger partial charge on any atom is 0.361 e. The van der Waals surface area contributed by atoms with Crippen molar-refractivity contribution in [2.75, 3.05) is 0 Å². The van der Waals surface area contributed by atoms with E-state index in [-0.39, 0.29) is 22.3 Å². The molecule has 2 rings (SSSR count). The van der Waals surface area contributed by atoms with Crippen LogP contribution in [0.2, 0.25) is 0 Å². The molecule has 21 heavy (non-hydrogen) atoms. The molecule has 0 saturated heterocycles. The largest absolute Gasteiger partial charge is 0.361 e. The van der Waals surface area contributed by atoms with Crippen LogP contribution in [0, 0.1) is 0 Å². The summed E-state index contributed by atoms with van der Waals surface area (Å²) in [5.74, 6) is 0.727. The summed E-state index contributed by atoms with van der Waals surface area (Å²) in [5.41, 5.74) is -0.624. The van der Waals surface area contributed by atoms with Crippen LogP contribution in [-0.4, -0.2) is 29.5 Å². The highest BCUT2D eigenvalue weighted by Gasteiger charge is 2.18. The van der Waals surface area contributed by atoms with Crippen molar-refractivity contribution in [1.82, 2.24) is 29.5 Å². The van der Waals surface area contributed by atoms with Gasteiger partial charge >= 0.3 is 11.4 Å². The summed E-state index contributed by atoms with van der Waals surface area (Å²) in [6.07, 6.45) is 1.50. The second-order valence-electron chi connectivity index (χ2n) is 6.85. The lowest BCUT2D eigenvalue weighted by molar-refractivity contribution is 0.353. The molecule has 8 heteroatoms. The Labute approximate surface area is 123 Å². The topological polar surface area (TPSA) is 101 Å². The minimum atomic E-state index is -0.296. The van der Waals surface area contributed by atoms with E-state index in [0.717, 1.165) is 5.82 Å². The second-order valence-corrected chi connectivity index (χ2v) is 6.85. The van der Waals surface area contributed by atoms with Gasteiger partial charge in [0.25, 0.3) is 0 Å². The molecule has 0 aliphatic rings. The first-order chi connectivity index (χ1) is 9.41. The van der Waals surface area contributed by atoms with Gasteiger partial charge in [-0.15, -0.1) is 0 Å². The van der Waals surface area contributed by atoms with Gasteiger partial charge in [-0.1, -0.05) is 20.8 Å². The summed E-state index contributed by atoms with van der Waals surface area (Å²) < 4.78 is 2.98. The molecular weight excluding hydrogens is 272 g/mol. The first-order valence-corrected chi connectivity index (χ1v) is 6.69. The van der Waals surface area contributed by atoms with E-state index in [1.165, 1.54) is 11.0 Å². The molecule has 0 aliphatic carbocycles. The lowest BCUT2D eigenvalue weighted by Gasteiger charge is -2.18. The molecule has 0 aromatic carbocycles. The maximum atomic E-state index is 10.9. The molecule has 0 fully saturated rings. The Hall–Kier alpha value is -2.12. The fraction of sp³-hybridized carbons (Fsp3) is 0.692. The highest BCUT2D eigenvalue weighted by molar-refractivity contribution is 4.98. The monoisotopic (exact) mass is 296 g/mol. The first-order valence-electron chi connectivity index (χ1n) is 6.69. The number of aryl methyl sites for hydroxylation is 1. The van der Waals surface area contributed by atoms with Gasteiger partial charge in [0.1, 0.15) is 12.2 Å². The van der Waals surface area contributed by atoms with Crippen molar-refractivity contribution in [3.05, 3.63) is 33.1 Å². The molecule has 0 amide bonds. The molecule has 8 nitrogen and oxygen atoms in total. The molecule has 2 aromatic rings. The van der Waals surface area contributed by atoms with Crippen LogP contribution in [0.5, 0.6) is 0 Å². The van der Waals surface area contributed by atoms with Crippen molar-refractivity contribution in [3.63, 3.8) is 0 Å². The number of aromatic amines is 2. The van der Waals surface area contributed by atoms with E-state index in [1.807, 2.05) is 41.5 Å². The summed E-state index contributed by atoms with van der Waals surface area (Å²) in [6, 6.07) is 0. The number of rotatable bonds is 0. The summed E-state index contributed by atoms with van der Waals surface area (Å²) in [4.78, 5) is 27.7. The fourth-order valence-electron chi connectivity index (χ4n) is 1.35. The fourth-order valence-corrected chi connectivity index (χ4v) is 1.35. The zero-order valence-corrected chi connectivity index (χ0v) is 13.7. The average molecular weight is 296 g/mol. The molecule has 2 heterocycles. The van der Waals surface area contributed by atoms with Crippen LogP contribution in [0.4, 0.5) is 0 Å². The summed E-state index contributed by atoms with van der Waals surface area (Å²) in [6.45, 7) is 12.0. The van der Waals surface area contributed by atoms with Crippen LogP contribution >= 0.6 is 0 Å². The first kappa shape index (κ1) is 16.9. The van der Waals surface area contributed by atoms with Crippen LogP contribution in [0.15, 0.2) is 15.9 Å². The standard InChI is InChI=1S/C7H13N3O.C6H11N3O/c1-7(2,3)5-8-6(11)10(4)9-5;1-6(2,3)9-4-7-5(10)8-9/h1-4H3,(H,8,9,11);4H,1-3H3,(H,8,10). The van der Waals surface area contributed by atoms with Gasteiger partial charge < -0.3 is 0 Å². The molecule has 0 radical (unpaired) electrons.